The summed E-state index contributed by atoms with van der Waals surface area (Å²) in [5, 5.41) is 4.03. The van der Waals surface area contributed by atoms with E-state index < -0.39 is 0 Å². The summed E-state index contributed by atoms with van der Waals surface area (Å²) < 4.78 is 11.0. The summed E-state index contributed by atoms with van der Waals surface area (Å²) >= 11 is 0. The Kier molecular flexibility index (Phi) is 4.32. The Labute approximate surface area is 151 Å². The maximum atomic E-state index is 12.8. The van der Waals surface area contributed by atoms with Gasteiger partial charge in [0.25, 0.3) is 5.91 Å². The van der Waals surface area contributed by atoms with Crippen molar-refractivity contribution in [2.24, 2.45) is 0 Å². The maximum Gasteiger partial charge on any atom is 0.253 e. The van der Waals surface area contributed by atoms with E-state index in [0.29, 0.717) is 29.6 Å². The third-order valence-electron chi connectivity index (χ3n) is 4.76. The number of likely N-dealkylation sites (tertiary alicyclic amines) is 1. The normalized spacial score (nSPS) is 17.5. The van der Waals surface area contributed by atoms with E-state index in [1.54, 1.807) is 0 Å². The van der Waals surface area contributed by atoms with Gasteiger partial charge in [0.05, 0.1) is 5.92 Å². The van der Waals surface area contributed by atoms with Gasteiger partial charge in [-0.05, 0) is 51.0 Å². The molecular formula is C20H21N3O3. The molecule has 0 saturated carbocycles. The second-order valence-electron chi connectivity index (χ2n) is 6.82. The van der Waals surface area contributed by atoms with Crippen molar-refractivity contribution < 1.29 is 13.7 Å². The van der Waals surface area contributed by atoms with Crippen LogP contribution in [0.1, 0.15) is 46.3 Å². The fourth-order valence-corrected chi connectivity index (χ4v) is 3.30. The Bertz CT molecular complexity index is 911. The molecule has 2 aromatic heterocycles. The molecule has 1 amide bonds. The second kappa shape index (κ2) is 6.78. The summed E-state index contributed by atoms with van der Waals surface area (Å²) in [6.45, 7) is 5.23. The molecule has 3 heterocycles. The molecule has 0 bridgehead atoms. The number of hydrogen-bond donors (Lipinski definition) is 0. The van der Waals surface area contributed by atoms with Gasteiger partial charge in [-0.1, -0.05) is 22.9 Å². The van der Waals surface area contributed by atoms with Crippen molar-refractivity contribution in [1.82, 2.24) is 15.0 Å². The molecule has 1 fully saturated rings. The van der Waals surface area contributed by atoms with Gasteiger partial charge in [-0.3, -0.25) is 4.79 Å². The highest BCUT2D eigenvalue weighted by Gasteiger charge is 2.29. The van der Waals surface area contributed by atoms with Gasteiger partial charge in [0, 0.05) is 18.7 Å². The minimum Gasteiger partial charge on any atom is -0.458 e. The Morgan fingerprint density at radius 3 is 2.69 bits per heavy atom. The Balaban J connectivity index is 1.49. The van der Waals surface area contributed by atoms with Crippen LogP contribution >= 0.6 is 0 Å². The first kappa shape index (κ1) is 16.6. The van der Waals surface area contributed by atoms with Crippen molar-refractivity contribution in [2.75, 3.05) is 13.1 Å². The van der Waals surface area contributed by atoms with Crippen molar-refractivity contribution in [2.45, 2.75) is 32.6 Å². The number of rotatable bonds is 3. The van der Waals surface area contributed by atoms with Crippen LogP contribution in [0, 0.1) is 13.8 Å². The van der Waals surface area contributed by atoms with Crippen LogP contribution in [0.15, 0.2) is 45.3 Å². The predicted molar refractivity (Wildman–Crippen MR) is 95.8 cm³/mol. The molecule has 134 valence electrons. The van der Waals surface area contributed by atoms with Crippen LogP contribution in [-0.4, -0.2) is 34.0 Å². The molecule has 4 rings (SSSR count). The van der Waals surface area contributed by atoms with Crippen LogP contribution in [-0.2, 0) is 0 Å². The van der Waals surface area contributed by atoms with E-state index in [4.69, 9.17) is 8.94 Å². The standard InChI is InChI=1S/C20H21N3O3/c1-13-5-8-15(9-6-13)20(24)23-11-3-4-16(12-23)19-21-18(22-26-19)17-10-7-14(2)25-17/h5-10,16H,3-4,11-12H2,1-2H3/t16-/m1/s1. The van der Waals surface area contributed by atoms with Crippen molar-refractivity contribution in [1.29, 1.82) is 0 Å². The van der Waals surface area contributed by atoms with E-state index in [0.717, 1.165) is 30.7 Å². The highest BCUT2D eigenvalue weighted by molar-refractivity contribution is 5.94. The molecule has 0 aliphatic carbocycles. The fourth-order valence-electron chi connectivity index (χ4n) is 3.30. The Morgan fingerprint density at radius 2 is 1.96 bits per heavy atom. The molecule has 0 spiro atoms. The minimum atomic E-state index is 0.0513. The number of carbonyl (C=O) groups excluding carboxylic acids is 1. The topological polar surface area (TPSA) is 72.4 Å². The number of piperidine rings is 1. The molecule has 0 radical (unpaired) electrons. The Hall–Kier alpha value is -2.89. The monoisotopic (exact) mass is 351 g/mol. The lowest BCUT2D eigenvalue weighted by Crippen LogP contribution is -2.39. The van der Waals surface area contributed by atoms with E-state index in [1.807, 2.05) is 55.1 Å². The van der Waals surface area contributed by atoms with E-state index >= 15 is 0 Å². The molecular weight excluding hydrogens is 330 g/mol. The summed E-state index contributed by atoms with van der Waals surface area (Å²) in [6, 6.07) is 11.4. The molecule has 0 N–H and O–H groups in total. The summed E-state index contributed by atoms with van der Waals surface area (Å²) in [5.41, 5.74) is 1.86. The number of hydrogen-bond acceptors (Lipinski definition) is 5. The number of nitrogens with zero attached hydrogens (tertiary/aromatic N) is 3. The highest BCUT2D eigenvalue weighted by atomic mass is 16.5. The van der Waals surface area contributed by atoms with E-state index in [9.17, 15) is 4.79 Å². The lowest BCUT2D eigenvalue weighted by Gasteiger charge is -2.31. The number of carbonyl (C=O) groups is 1. The van der Waals surface area contributed by atoms with Gasteiger partial charge >= 0.3 is 0 Å². The predicted octanol–water partition coefficient (Wildman–Crippen LogP) is 3.97. The van der Waals surface area contributed by atoms with E-state index in [-0.39, 0.29) is 11.8 Å². The molecule has 0 unspecified atom stereocenters. The maximum absolute atomic E-state index is 12.8. The van der Waals surface area contributed by atoms with Crippen LogP contribution in [0.3, 0.4) is 0 Å². The van der Waals surface area contributed by atoms with E-state index in [2.05, 4.69) is 10.1 Å². The van der Waals surface area contributed by atoms with Crippen LogP contribution in [0.2, 0.25) is 0 Å². The third kappa shape index (κ3) is 3.27. The van der Waals surface area contributed by atoms with Gasteiger partial charge in [0.15, 0.2) is 5.76 Å². The zero-order valence-corrected chi connectivity index (χ0v) is 14.9. The molecule has 26 heavy (non-hydrogen) atoms. The lowest BCUT2D eigenvalue weighted by molar-refractivity contribution is 0.0695. The molecule has 1 saturated heterocycles. The second-order valence-corrected chi connectivity index (χ2v) is 6.82. The molecule has 6 heteroatoms. The Morgan fingerprint density at radius 1 is 1.15 bits per heavy atom. The zero-order valence-electron chi connectivity index (χ0n) is 14.9. The lowest BCUT2D eigenvalue weighted by atomic mass is 9.97. The van der Waals surface area contributed by atoms with Crippen LogP contribution in [0.5, 0.6) is 0 Å². The van der Waals surface area contributed by atoms with Crippen LogP contribution < -0.4 is 0 Å². The molecule has 1 aliphatic rings. The van der Waals surface area contributed by atoms with Crippen LogP contribution in [0.25, 0.3) is 11.6 Å². The number of aromatic nitrogens is 2. The average Bonchev–Trinajstić information content (AvgIpc) is 3.31. The van der Waals surface area contributed by atoms with Crippen LogP contribution in [0.4, 0.5) is 0 Å². The molecule has 1 atom stereocenters. The van der Waals surface area contributed by atoms with Crippen molar-refractivity contribution in [3.8, 4) is 11.6 Å². The summed E-state index contributed by atoms with van der Waals surface area (Å²) in [4.78, 5) is 19.1. The van der Waals surface area contributed by atoms with Gasteiger partial charge in [0.1, 0.15) is 5.76 Å². The number of amides is 1. The van der Waals surface area contributed by atoms with Gasteiger partial charge in [-0.25, -0.2) is 0 Å². The molecule has 1 aromatic carbocycles. The third-order valence-corrected chi connectivity index (χ3v) is 4.76. The van der Waals surface area contributed by atoms with Crippen molar-refractivity contribution in [3.63, 3.8) is 0 Å². The first-order valence-corrected chi connectivity index (χ1v) is 8.86. The average molecular weight is 351 g/mol. The van der Waals surface area contributed by atoms with Crippen molar-refractivity contribution in [3.05, 3.63) is 59.2 Å². The number of benzene rings is 1. The summed E-state index contributed by atoms with van der Waals surface area (Å²) in [7, 11) is 0. The van der Waals surface area contributed by atoms with Gasteiger partial charge in [-0.2, -0.15) is 4.98 Å². The molecule has 3 aromatic rings. The number of aryl methyl sites for hydroxylation is 2. The van der Waals surface area contributed by atoms with Gasteiger partial charge in [0.2, 0.25) is 11.7 Å². The number of furan rings is 1. The summed E-state index contributed by atoms with van der Waals surface area (Å²) in [5.74, 6) is 2.52. The SMILES string of the molecule is Cc1ccc(C(=O)N2CCC[C@@H](c3nc(-c4ccc(C)o4)no3)C2)cc1. The minimum absolute atomic E-state index is 0.0513. The quantitative estimate of drug-likeness (QED) is 0.714. The first-order valence-electron chi connectivity index (χ1n) is 8.86. The van der Waals surface area contributed by atoms with Gasteiger partial charge in [-0.15, -0.1) is 0 Å². The summed E-state index contributed by atoms with van der Waals surface area (Å²) in [6.07, 6.45) is 1.84. The molecule has 6 nitrogen and oxygen atoms in total. The first-order chi connectivity index (χ1) is 12.6. The smallest absolute Gasteiger partial charge is 0.253 e. The molecule has 1 aliphatic heterocycles. The largest absolute Gasteiger partial charge is 0.458 e. The van der Waals surface area contributed by atoms with Gasteiger partial charge < -0.3 is 13.8 Å². The van der Waals surface area contributed by atoms with E-state index in [1.165, 1.54) is 0 Å². The van der Waals surface area contributed by atoms with Crippen molar-refractivity contribution >= 4 is 5.91 Å². The zero-order chi connectivity index (χ0) is 18.1. The fraction of sp³-hybridized carbons (Fsp3) is 0.350. The highest BCUT2D eigenvalue weighted by Crippen LogP contribution is 2.28.